The average Bonchev–Trinajstić information content (AvgIpc) is 2.98. The van der Waals surface area contributed by atoms with Gasteiger partial charge in [-0.2, -0.15) is 0 Å². The lowest BCUT2D eigenvalue weighted by atomic mass is 9.92. The third-order valence-electron chi connectivity index (χ3n) is 5.46. The molecule has 0 heterocycles. The smallest absolute Gasteiger partial charge is 0.0780 e. The lowest BCUT2D eigenvalue weighted by molar-refractivity contribution is 0.0600. The van der Waals surface area contributed by atoms with Crippen molar-refractivity contribution in [3.05, 3.63) is 30.3 Å². The van der Waals surface area contributed by atoms with Gasteiger partial charge in [0.25, 0.3) is 0 Å². The van der Waals surface area contributed by atoms with Gasteiger partial charge in [-0.15, -0.1) is 0 Å². The summed E-state index contributed by atoms with van der Waals surface area (Å²) in [7, 11) is -0.913. The van der Waals surface area contributed by atoms with Crippen molar-refractivity contribution in [3.63, 3.8) is 0 Å². The summed E-state index contributed by atoms with van der Waals surface area (Å²) in [6, 6.07) is 9.40. The van der Waals surface area contributed by atoms with Gasteiger partial charge in [0, 0.05) is 11.9 Å². The van der Waals surface area contributed by atoms with Crippen molar-refractivity contribution in [2.45, 2.75) is 43.1 Å². The fraction of sp³-hybridized carbons (Fsp3) is 0.647. The minimum atomic E-state index is -2.52. The van der Waals surface area contributed by atoms with Crippen molar-refractivity contribution >= 4 is 9.73 Å². The summed E-state index contributed by atoms with van der Waals surface area (Å²) in [5.74, 6) is 2.18. The van der Waals surface area contributed by atoms with E-state index < -0.39 is 15.3 Å². The predicted octanol–water partition coefficient (Wildman–Crippen LogP) is 3.33. The predicted molar refractivity (Wildman–Crippen MR) is 85.6 cm³/mol. The molecule has 3 rings (SSSR count). The molecule has 0 amide bonds. The highest BCUT2D eigenvalue weighted by atomic mass is 32.2. The fourth-order valence-electron chi connectivity index (χ4n) is 4.37. The summed E-state index contributed by atoms with van der Waals surface area (Å²) < 4.78 is 17.4. The molecule has 0 spiro atoms. The van der Waals surface area contributed by atoms with Gasteiger partial charge in [0.15, 0.2) is 0 Å². The standard InChI is InChI=1S/C17H25NO2S/c1-13-8-9-14-10-17(19,11-16(13)14)12-21(20,18-2)15-6-4-3-5-7-15/h3-7,13-14,16,19H,8-12H2,1-2H3/t13-,14+,16+,17+,21-/m0/s1. The van der Waals surface area contributed by atoms with Crippen LogP contribution in [0.4, 0.5) is 0 Å². The molecule has 2 aliphatic carbocycles. The minimum absolute atomic E-state index is 0.278. The highest BCUT2D eigenvalue weighted by Gasteiger charge is 2.49. The first-order valence-corrected chi connectivity index (χ1v) is 9.55. The van der Waals surface area contributed by atoms with Crippen LogP contribution < -0.4 is 0 Å². The Morgan fingerprint density at radius 3 is 2.62 bits per heavy atom. The highest BCUT2D eigenvalue weighted by molar-refractivity contribution is 7.93. The minimum Gasteiger partial charge on any atom is -0.389 e. The van der Waals surface area contributed by atoms with Gasteiger partial charge in [-0.05, 0) is 49.1 Å². The van der Waals surface area contributed by atoms with Gasteiger partial charge in [-0.3, -0.25) is 0 Å². The molecule has 0 unspecified atom stereocenters. The van der Waals surface area contributed by atoms with Gasteiger partial charge >= 0.3 is 0 Å². The molecule has 21 heavy (non-hydrogen) atoms. The first kappa shape index (κ1) is 15.0. The Morgan fingerprint density at radius 1 is 1.29 bits per heavy atom. The Kier molecular flexibility index (Phi) is 3.87. The molecule has 2 fully saturated rings. The van der Waals surface area contributed by atoms with E-state index in [1.54, 1.807) is 7.05 Å². The Labute approximate surface area is 128 Å². The first-order chi connectivity index (χ1) is 9.96. The van der Waals surface area contributed by atoms with E-state index in [4.69, 9.17) is 0 Å². The van der Waals surface area contributed by atoms with Gasteiger partial charge in [-0.1, -0.05) is 31.5 Å². The van der Waals surface area contributed by atoms with Crippen LogP contribution in [0.5, 0.6) is 0 Å². The molecule has 2 aliphatic rings. The van der Waals surface area contributed by atoms with Gasteiger partial charge < -0.3 is 5.11 Å². The zero-order valence-corrected chi connectivity index (χ0v) is 13.7. The topological polar surface area (TPSA) is 49.7 Å². The van der Waals surface area contributed by atoms with E-state index in [2.05, 4.69) is 11.3 Å². The maximum atomic E-state index is 13.2. The van der Waals surface area contributed by atoms with Gasteiger partial charge in [0.1, 0.15) is 0 Å². The van der Waals surface area contributed by atoms with Crippen LogP contribution in [-0.4, -0.2) is 27.7 Å². The third-order valence-corrected chi connectivity index (χ3v) is 7.99. The van der Waals surface area contributed by atoms with Crippen molar-refractivity contribution in [1.29, 1.82) is 0 Å². The van der Waals surface area contributed by atoms with Crippen LogP contribution in [0.25, 0.3) is 0 Å². The summed E-state index contributed by atoms with van der Waals surface area (Å²) in [5.41, 5.74) is -0.809. The van der Waals surface area contributed by atoms with Crippen LogP contribution in [0.15, 0.2) is 39.6 Å². The SMILES string of the molecule is CN=[S@](=O)(C[C@@]1(O)C[C@H]2CC[C@H](C)[C@H]2C1)c1ccccc1. The van der Waals surface area contributed by atoms with E-state index in [0.29, 0.717) is 17.8 Å². The zero-order chi connectivity index (χ0) is 15.1. The first-order valence-electron chi connectivity index (χ1n) is 7.86. The second kappa shape index (κ2) is 5.40. The molecule has 116 valence electrons. The van der Waals surface area contributed by atoms with Crippen molar-refractivity contribution in [3.8, 4) is 0 Å². The molecule has 5 atom stereocenters. The van der Waals surface area contributed by atoms with Crippen LogP contribution in [-0.2, 0) is 9.73 Å². The molecule has 1 aromatic carbocycles. The molecule has 0 aliphatic heterocycles. The summed E-state index contributed by atoms with van der Waals surface area (Å²) in [5, 5.41) is 11.0. The van der Waals surface area contributed by atoms with Crippen LogP contribution in [0.1, 0.15) is 32.6 Å². The number of rotatable bonds is 3. The summed E-state index contributed by atoms with van der Waals surface area (Å²) in [4.78, 5) is 0.742. The molecule has 0 saturated heterocycles. The molecule has 0 aromatic heterocycles. The van der Waals surface area contributed by atoms with Gasteiger partial charge in [0.2, 0.25) is 0 Å². The molecule has 3 nitrogen and oxygen atoms in total. The molecule has 0 bridgehead atoms. The summed E-state index contributed by atoms with van der Waals surface area (Å²) in [6.07, 6.45) is 4.07. The maximum Gasteiger partial charge on any atom is 0.0780 e. The Balaban J connectivity index is 1.84. The molecule has 2 saturated carbocycles. The lowest BCUT2D eigenvalue weighted by Crippen LogP contribution is -2.35. The van der Waals surface area contributed by atoms with Crippen molar-refractivity contribution < 1.29 is 9.32 Å². The van der Waals surface area contributed by atoms with E-state index in [1.807, 2.05) is 30.3 Å². The highest BCUT2D eigenvalue weighted by Crippen LogP contribution is 2.52. The monoisotopic (exact) mass is 307 g/mol. The van der Waals surface area contributed by atoms with E-state index in [9.17, 15) is 9.32 Å². The number of hydrogen-bond donors (Lipinski definition) is 1. The van der Waals surface area contributed by atoms with E-state index in [-0.39, 0.29) is 5.75 Å². The quantitative estimate of drug-likeness (QED) is 0.931. The molecule has 1 aromatic rings. The fourth-order valence-corrected chi connectivity index (χ4v) is 6.42. The average molecular weight is 307 g/mol. The largest absolute Gasteiger partial charge is 0.389 e. The third kappa shape index (κ3) is 2.76. The van der Waals surface area contributed by atoms with Crippen LogP contribution >= 0.6 is 0 Å². The number of nitrogens with zero attached hydrogens (tertiary/aromatic N) is 1. The van der Waals surface area contributed by atoms with Crippen LogP contribution in [0.3, 0.4) is 0 Å². The normalized spacial score (nSPS) is 38.0. The Bertz CT molecular complexity index is 621. The van der Waals surface area contributed by atoms with Crippen molar-refractivity contribution in [1.82, 2.24) is 0 Å². The lowest BCUT2D eigenvalue weighted by Gasteiger charge is -2.26. The Morgan fingerprint density at radius 2 is 2.00 bits per heavy atom. The van der Waals surface area contributed by atoms with Gasteiger partial charge in [0.05, 0.1) is 21.1 Å². The number of benzene rings is 1. The second-order valence-electron chi connectivity index (χ2n) is 6.89. The number of aliphatic hydroxyl groups is 1. The number of hydrogen-bond acceptors (Lipinski definition) is 3. The van der Waals surface area contributed by atoms with Gasteiger partial charge in [-0.25, -0.2) is 8.57 Å². The second-order valence-corrected chi connectivity index (χ2v) is 9.30. The number of fused-ring (bicyclic) bond motifs is 1. The van der Waals surface area contributed by atoms with Crippen molar-refractivity contribution in [2.24, 2.45) is 22.1 Å². The molecule has 0 radical (unpaired) electrons. The van der Waals surface area contributed by atoms with E-state index in [0.717, 1.165) is 17.7 Å². The summed E-state index contributed by atoms with van der Waals surface area (Å²) in [6.45, 7) is 2.29. The molecule has 1 N–H and O–H groups in total. The van der Waals surface area contributed by atoms with E-state index >= 15 is 0 Å². The van der Waals surface area contributed by atoms with E-state index in [1.165, 1.54) is 12.8 Å². The Hall–Kier alpha value is -0.870. The van der Waals surface area contributed by atoms with Crippen LogP contribution in [0, 0.1) is 17.8 Å². The molecule has 4 heteroatoms. The molecular formula is C17H25NO2S. The van der Waals surface area contributed by atoms with Crippen molar-refractivity contribution in [2.75, 3.05) is 12.8 Å². The zero-order valence-electron chi connectivity index (χ0n) is 12.9. The summed E-state index contributed by atoms with van der Waals surface area (Å²) >= 11 is 0. The maximum absolute atomic E-state index is 13.2. The molecular weight excluding hydrogens is 282 g/mol. The van der Waals surface area contributed by atoms with Crippen LogP contribution in [0.2, 0.25) is 0 Å².